The second-order valence-electron chi connectivity index (χ2n) is 4.20. The van der Waals surface area contributed by atoms with Crippen LogP contribution < -0.4 is 4.74 Å². The van der Waals surface area contributed by atoms with Crippen LogP contribution in [-0.2, 0) is 6.18 Å². The molecule has 0 amide bonds. The lowest BCUT2D eigenvalue weighted by Gasteiger charge is -2.12. The molecule has 0 aliphatic rings. The second-order valence-corrected chi connectivity index (χ2v) is 5.12. The van der Waals surface area contributed by atoms with Gasteiger partial charge in [-0.15, -0.1) is 0 Å². The Labute approximate surface area is 134 Å². The molecule has 0 atom stereocenters. The Kier molecular flexibility index (Phi) is 4.76. The number of hydrogen-bond acceptors (Lipinski definition) is 2. The van der Waals surface area contributed by atoms with Crippen LogP contribution in [-0.4, -0.2) is 0 Å². The number of rotatable bonds is 3. The van der Waals surface area contributed by atoms with Gasteiger partial charge in [0, 0.05) is 15.1 Å². The summed E-state index contributed by atoms with van der Waals surface area (Å²) in [6.07, 6.45) is -4.88. The molecule has 0 saturated heterocycles. The molecule has 0 aliphatic heterocycles. The SMILES string of the molecule is [N-]=[N+]=Nc1cc(Br)cc(Oc2c(F)cc(C(F)(F)F)cc2F)c1. The van der Waals surface area contributed by atoms with Crippen LogP contribution in [0.2, 0.25) is 0 Å². The van der Waals surface area contributed by atoms with Crippen LogP contribution >= 0.6 is 15.9 Å². The first-order valence-electron chi connectivity index (χ1n) is 5.80. The van der Waals surface area contributed by atoms with Crippen molar-refractivity contribution in [3.8, 4) is 11.5 Å². The monoisotopic (exact) mass is 393 g/mol. The number of ether oxygens (including phenoxy) is 1. The predicted octanol–water partition coefficient (Wildman–Crippen LogP) is 6.48. The second kappa shape index (κ2) is 6.43. The fraction of sp³-hybridized carbons (Fsp3) is 0.0769. The van der Waals surface area contributed by atoms with Crippen molar-refractivity contribution in [2.75, 3.05) is 0 Å². The third kappa shape index (κ3) is 4.11. The fourth-order valence-electron chi connectivity index (χ4n) is 1.66. The van der Waals surface area contributed by atoms with Gasteiger partial charge in [0.25, 0.3) is 0 Å². The van der Waals surface area contributed by atoms with Crippen molar-refractivity contribution in [3.05, 3.63) is 62.4 Å². The maximum atomic E-state index is 13.7. The van der Waals surface area contributed by atoms with E-state index in [1.165, 1.54) is 18.2 Å². The van der Waals surface area contributed by atoms with Crippen molar-refractivity contribution in [2.45, 2.75) is 6.18 Å². The molecule has 0 fully saturated rings. The molecule has 0 heterocycles. The molecule has 0 N–H and O–H groups in total. The molecule has 4 nitrogen and oxygen atoms in total. The molecule has 0 aromatic heterocycles. The van der Waals surface area contributed by atoms with Gasteiger partial charge in [0.2, 0.25) is 0 Å². The van der Waals surface area contributed by atoms with Crippen molar-refractivity contribution in [3.63, 3.8) is 0 Å². The first kappa shape index (κ1) is 17.0. The zero-order valence-corrected chi connectivity index (χ0v) is 12.5. The summed E-state index contributed by atoms with van der Waals surface area (Å²) in [4.78, 5) is 2.54. The minimum atomic E-state index is -4.88. The summed E-state index contributed by atoms with van der Waals surface area (Å²) >= 11 is 3.07. The number of alkyl halides is 3. The van der Waals surface area contributed by atoms with Gasteiger partial charge >= 0.3 is 6.18 Å². The molecule has 0 spiro atoms. The summed E-state index contributed by atoms with van der Waals surface area (Å²) in [7, 11) is 0. The van der Waals surface area contributed by atoms with E-state index in [4.69, 9.17) is 10.3 Å². The normalized spacial score (nSPS) is 11.0. The van der Waals surface area contributed by atoms with E-state index in [0.717, 1.165) is 0 Å². The molecule has 0 bridgehead atoms. The van der Waals surface area contributed by atoms with E-state index in [1.54, 1.807) is 0 Å². The predicted molar refractivity (Wildman–Crippen MR) is 74.4 cm³/mol. The van der Waals surface area contributed by atoms with Gasteiger partial charge in [-0.05, 0) is 35.9 Å². The van der Waals surface area contributed by atoms with Gasteiger partial charge in [0.05, 0.1) is 5.56 Å². The Morgan fingerprint density at radius 1 is 1.04 bits per heavy atom. The van der Waals surface area contributed by atoms with Gasteiger partial charge in [0.1, 0.15) is 5.75 Å². The van der Waals surface area contributed by atoms with Crippen LogP contribution in [0.4, 0.5) is 27.6 Å². The average Bonchev–Trinajstić information content (AvgIpc) is 2.41. The summed E-state index contributed by atoms with van der Waals surface area (Å²) in [5, 5.41) is 3.30. The van der Waals surface area contributed by atoms with E-state index < -0.39 is 29.1 Å². The minimum Gasteiger partial charge on any atom is -0.451 e. The maximum Gasteiger partial charge on any atom is 0.416 e. The molecule has 0 radical (unpaired) electrons. The zero-order chi connectivity index (χ0) is 17.2. The van der Waals surface area contributed by atoms with Gasteiger partial charge in [-0.2, -0.15) is 13.2 Å². The standard InChI is InChI=1S/C13H5BrF5N3O/c14-7-3-8(21-22-20)5-9(4-7)23-12-10(15)1-6(2-11(12)16)13(17,18)19/h1-5H. The summed E-state index contributed by atoms with van der Waals surface area (Å²) in [5.74, 6) is -4.15. The van der Waals surface area contributed by atoms with Crippen LogP contribution in [0.3, 0.4) is 0 Å². The highest BCUT2D eigenvalue weighted by Gasteiger charge is 2.33. The quantitative estimate of drug-likeness (QED) is 0.254. The average molecular weight is 394 g/mol. The van der Waals surface area contributed by atoms with Crippen molar-refractivity contribution >= 4 is 21.6 Å². The molecule has 2 aromatic carbocycles. The highest BCUT2D eigenvalue weighted by Crippen LogP contribution is 2.36. The van der Waals surface area contributed by atoms with E-state index in [2.05, 4.69) is 26.0 Å². The zero-order valence-electron chi connectivity index (χ0n) is 10.9. The van der Waals surface area contributed by atoms with E-state index >= 15 is 0 Å². The Bertz CT molecular complexity index is 780. The first-order valence-corrected chi connectivity index (χ1v) is 6.60. The summed E-state index contributed by atoms with van der Waals surface area (Å²) in [6, 6.07) is 4.13. The van der Waals surface area contributed by atoms with Crippen molar-refractivity contribution < 1.29 is 26.7 Å². The first-order chi connectivity index (χ1) is 10.7. The minimum absolute atomic E-state index is 0.0876. The van der Waals surface area contributed by atoms with E-state index in [0.29, 0.717) is 4.47 Å². The van der Waals surface area contributed by atoms with Crippen LogP contribution in [0.1, 0.15) is 5.56 Å². The summed E-state index contributed by atoms with van der Waals surface area (Å²) in [5.41, 5.74) is 6.98. The molecular weight excluding hydrogens is 389 g/mol. The summed E-state index contributed by atoms with van der Waals surface area (Å²) < 4.78 is 70.2. The van der Waals surface area contributed by atoms with Gasteiger partial charge in [-0.25, -0.2) is 8.78 Å². The number of nitrogens with zero attached hydrogens (tertiary/aromatic N) is 3. The molecule has 0 aliphatic carbocycles. The number of halogens is 6. The van der Waals surface area contributed by atoms with E-state index in [9.17, 15) is 22.0 Å². The van der Waals surface area contributed by atoms with Gasteiger partial charge in [-0.3, -0.25) is 0 Å². The highest BCUT2D eigenvalue weighted by molar-refractivity contribution is 9.10. The van der Waals surface area contributed by atoms with Gasteiger partial charge < -0.3 is 4.74 Å². The Morgan fingerprint density at radius 3 is 2.17 bits per heavy atom. The molecule has 0 unspecified atom stereocenters. The van der Waals surface area contributed by atoms with Crippen molar-refractivity contribution in [2.24, 2.45) is 5.11 Å². The highest BCUT2D eigenvalue weighted by atomic mass is 79.9. The third-order valence-electron chi connectivity index (χ3n) is 2.56. The van der Waals surface area contributed by atoms with Crippen molar-refractivity contribution in [1.29, 1.82) is 0 Å². The smallest absolute Gasteiger partial charge is 0.416 e. The Balaban J connectivity index is 2.43. The molecule has 10 heteroatoms. The lowest BCUT2D eigenvalue weighted by Crippen LogP contribution is -2.07. The van der Waals surface area contributed by atoms with Crippen LogP contribution in [0.15, 0.2) is 39.9 Å². The van der Waals surface area contributed by atoms with E-state index in [1.807, 2.05) is 0 Å². The number of azide groups is 1. The largest absolute Gasteiger partial charge is 0.451 e. The molecule has 2 rings (SSSR count). The van der Waals surface area contributed by atoms with Crippen LogP contribution in [0.5, 0.6) is 11.5 Å². The molecule has 23 heavy (non-hydrogen) atoms. The van der Waals surface area contributed by atoms with E-state index in [-0.39, 0.29) is 23.6 Å². The molecular formula is C13H5BrF5N3O. The topological polar surface area (TPSA) is 58.0 Å². The van der Waals surface area contributed by atoms with Gasteiger partial charge in [0.15, 0.2) is 17.4 Å². The number of hydrogen-bond donors (Lipinski definition) is 0. The molecule has 0 saturated carbocycles. The Hall–Kier alpha value is -2.32. The van der Waals surface area contributed by atoms with Crippen LogP contribution in [0.25, 0.3) is 10.4 Å². The summed E-state index contributed by atoms with van der Waals surface area (Å²) in [6.45, 7) is 0. The molecule has 120 valence electrons. The van der Waals surface area contributed by atoms with Crippen molar-refractivity contribution in [1.82, 2.24) is 0 Å². The molecule has 2 aromatic rings. The lowest BCUT2D eigenvalue weighted by atomic mass is 10.2. The third-order valence-corrected chi connectivity index (χ3v) is 3.02. The van der Waals surface area contributed by atoms with Gasteiger partial charge in [-0.1, -0.05) is 21.0 Å². The fourth-order valence-corrected chi connectivity index (χ4v) is 2.12. The maximum absolute atomic E-state index is 13.7. The Morgan fingerprint density at radius 2 is 1.65 bits per heavy atom. The lowest BCUT2D eigenvalue weighted by molar-refractivity contribution is -0.138. The number of benzene rings is 2. The van der Waals surface area contributed by atoms with Crippen LogP contribution in [0, 0.1) is 11.6 Å².